The van der Waals surface area contributed by atoms with E-state index in [9.17, 15) is 24.6 Å². The first-order valence-electron chi connectivity index (χ1n) is 14.9. The lowest BCUT2D eigenvalue weighted by molar-refractivity contribution is -0.136. The molecule has 2 atom stereocenters. The van der Waals surface area contributed by atoms with Gasteiger partial charge in [0.25, 0.3) is 0 Å². The van der Waals surface area contributed by atoms with Gasteiger partial charge in [0.1, 0.15) is 5.78 Å². The zero-order valence-corrected chi connectivity index (χ0v) is 26.0. The fourth-order valence-electron chi connectivity index (χ4n) is 6.61. The molecule has 44 heavy (non-hydrogen) atoms. The molecule has 0 saturated heterocycles. The molecule has 5 heterocycles. The summed E-state index contributed by atoms with van der Waals surface area (Å²) in [7, 11) is 0. The van der Waals surface area contributed by atoms with Crippen LogP contribution in [0.1, 0.15) is 103 Å². The second-order valence-electron chi connectivity index (χ2n) is 11.8. The minimum Gasteiger partial charge on any atom is -0.481 e. The Morgan fingerprint density at radius 1 is 0.955 bits per heavy atom. The number of aryl methyl sites for hydroxylation is 3. The van der Waals surface area contributed by atoms with E-state index in [-0.39, 0.29) is 40.9 Å². The fraction of sp³-hybridized carbons (Fsp3) is 0.343. The Balaban J connectivity index is 2.04. The summed E-state index contributed by atoms with van der Waals surface area (Å²) >= 11 is 0. The molecule has 0 amide bonds. The standard InChI is InChI=1S/C35H38N4O5/c1-8-21-17(4)25-13-27-19(6)23(11-10-16(3)40)33(38-27)24(12-31(41)42)34-32(35(43)44)20(7)28(39-34)15-30-22(9-2)18(5)26(37-30)14-29(21)36-25/h8,13-15,19,23,36-37H,1,9-12H2,2-7H3,(H,41,42)(H,43,44)/t19-,23?/m0/s1. The number of aromatic nitrogens is 4. The van der Waals surface area contributed by atoms with Crippen molar-refractivity contribution < 1.29 is 24.6 Å². The van der Waals surface area contributed by atoms with Crippen LogP contribution < -0.4 is 0 Å². The summed E-state index contributed by atoms with van der Waals surface area (Å²) in [5, 5.41) is 20.4. The summed E-state index contributed by atoms with van der Waals surface area (Å²) in [6, 6.07) is 5.87. The van der Waals surface area contributed by atoms with E-state index >= 15 is 0 Å². The summed E-state index contributed by atoms with van der Waals surface area (Å²) in [5.74, 6) is -2.76. The quantitative estimate of drug-likeness (QED) is 0.219. The zero-order valence-electron chi connectivity index (χ0n) is 26.0. The van der Waals surface area contributed by atoms with Gasteiger partial charge in [-0.2, -0.15) is 0 Å². The number of aliphatic carboxylic acids is 2. The molecule has 1 unspecified atom stereocenters. The topological polar surface area (TPSA) is 149 Å². The Morgan fingerprint density at radius 3 is 2.25 bits per heavy atom. The molecule has 5 rings (SSSR count). The smallest absolute Gasteiger partial charge is 0.338 e. The van der Waals surface area contributed by atoms with Crippen LogP contribution in [0.3, 0.4) is 0 Å². The lowest BCUT2D eigenvalue weighted by Crippen LogP contribution is -2.13. The van der Waals surface area contributed by atoms with Gasteiger partial charge in [-0.05, 0) is 81.0 Å². The highest BCUT2D eigenvalue weighted by atomic mass is 16.4. The van der Waals surface area contributed by atoms with Crippen molar-refractivity contribution in [2.45, 2.75) is 79.1 Å². The number of nitrogens with one attached hydrogen (secondary N) is 2. The number of carboxylic acids is 2. The Labute approximate surface area is 255 Å². The van der Waals surface area contributed by atoms with E-state index in [1.807, 2.05) is 32.1 Å². The van der Waals surface area contributed by atoms with Crippen LogP contribution >= 0.6 is 0 Å². The number of carboxylic acid groups (broad SMARTS) is 2. The van der Waals surface area contributed by atoms with Crippen molar-refractivity contribution in [3.63, 3.8) is 0 Å². The Kier molecular flexibility index (Phi) is 8.16. The Morgan fingerprint density at radius 2 is 1.64 bits per heavy atom. The molecule has 0 aliphatic carbocycles. The normalized spacial score (nSPS) is 16.3. The molecular weight excluding hydrogens is 556 g/mol. The summed E-state index contributed by atoms with van der Waals surface area (Å²) in [4.78, 5) is 53.9. The first kappa shape index (κ1) is 30.7. The molecule has 9 heteroatoms. The highest BCUT2D eigenvalue weighted by Gasteiger charge is 2.35. The number of rotatable bonds is 8. The SMILES string of the molecule is C=Cc1c(C)c2cc3nc(c(CC(=O)O)c4nc(cc5[nH]c(cc1[nH]2)c(C)c5CC)C(C)=C4C(=O)O)C(CCC(C)=O)[C@@H]3C. The number of fused-ring (bicyclic) bond motifs is 8. The highest BCUT2D eigenvalue weighted by molar-refractivity contribution is 6.24. The molecule has 4 N–H and O–H groups in total. The van der Waals surface area contributed by atoms with Gasteiger partial charge in [0.15, 0.2) is 0 Å². The van der Waals surface area contributed by atoms with Crippen LogP contribution in [0, 0.1) is 13.8 Å². The van der Waals surface area contributed by atoms with Crippen LogP contribution in [0.5, 0.6) is 0 Å². The molecule has 3 aromatic heterocycles. The van der Waals surface area contributed by atoms with Crippen LogP contribution in [0.2, 0.25) is 0 Å². The first-order chi connectivity index (χ1) is 20.9. The van der Waals surface area contributed by atoms with Crippen molar-refractivity contribution in [1.82, 2.24) is 19.9 Å². The number of Topliss-reactive ketones (excluding diaryl/α,β-unsaturated/α-hetero) is 1. The van der Waals surface area contributed by atoms with Gasteiger partial charge in [-0.15, -0.1) is 0 Å². The Hall–Kier alpha value is -4.79. The third kappa shape index (κ3) is 5.27. The first-order valence-corrected chi connectivity index (χ1v) is 14.9. The number of allylic oxidation sites excluding steroid dienone is 1. The number of hydrogen-bond donors (Lipinski definition) is 4. The predicted octanol–water partition coefficient (Wildman–Crippen LogP) is 7.04. The third-order valence-electron chi connectivity index (χ3n) is 9.08. The van der Waals surface area contributed by atoms with Gasteiger partial charge in [-0.3, -0.25) is 9.78 Å². The highest BCUT2D eigenvalue weighted by Crippen LogP contribution is 2.43. The van der Waals surface area contributed by atoms with E-state index in [0.29, 0.717) is 29.1 Å². The van der Waals surface area contributed by atoms with Crippen molar-refractivity contribution in [2.24, 2.45) is 0 Å². The maximum Gasteiger partial charge on any atom is 0.338 e. The molecule has 228 valence electrons. The van der Waals surface area contributed by atoms with Crippen molar-refractivity contribution in [3.05, 3.63) is 75.4 Å². The molecule has 8 bridgehead atoms. The van der Waals surface area contributed by atoms with Gasteiger partial charge in [-0.25, -0.2) is 9.78 Å². The lowest BCUT2D eigenvalue weighted by atomic mass is 9.84. The molecule has 0 spiro atoms. The average Bonchev–Trinajstić information content (AvgIpc) is 3.63. The monoisotopic (exact) mass is 594 g/mol. The van der Waals surface area contributed by atoms with E-state index in [1.165, 1.54) is 6.92 Å². The van der Waals surface area contributed by atoms with Crippen molar-refractivity contribution in [1.29, 1.82) is 0 Å². The van der Waals surface area contributed by atoms with Crippen LogP contribution in [0.15, 0.2) is 24.8 Å². The lowest BCUT2D eigenvalue weighted by Gasteiger charge is -2.17. The summed E-state index contributed by atoms with van der Waals surface area (Å²) in [6.07, 6.45) is 2.83. The summed E-state index contributed by atoms with van der Waals surface area (Å²) in [6.45, 7) is 15.4. The molecule has 2 aliphatic heterocycles. The minimum absolute atomic E-state index is 0.0146. The maximum atomic E-state index is 12.7. The molecule has 2 aliphatic rings. The molecule has 0 saturated carbocycles. The molecule has 3 aromatic rings. The van der Waals surface area contributed by atoms with Gasteiger partial charge in [0.05, 0.1) is 29.1 Å². The number of aromatic amines is 2. The number of H-pyrrole nitrogens is 2. The minimum atomic E-state index is -1.19. The molecule has 0 radical (unpaired) electrons. The van der Waals surface area contributed by atoms with Crippen molar-refractivity contribution in [3.8, 4) is 0 Å². The number of ketones is 1. The summed E-state index contributed by atoms with van der Waals surface area (Å²) < 4.78 is 0. The van der Waals surface area contributed by atoms with Crippen molar-refractivity contribution in [2.75, 3.05) is 0 Å². The van der Waals surface area contributed by atoms with Crippen molar-refractivity contribution >= 4 is 57.0 Å². The fourth-order valence-corrected chi connectivity index (χ4v) is 6.61. The van der Waals surface area contributed by atoms with E-state index in [2.05, 4.69) is 36.5 Å². The van der Waals surface area contributed by atoms with E-state index < -0.39 is 18.4 Å². The number of carbonyl (C=O) groups is 3. The van der Waals surface area contributed by atoms with Gasteiger partial charge < -0.3 is 25.0 Å². The van der Waals surface area contributed by atoms with Crippen LogP contribution in [-0.4, -0.2) is 47.9 Å². The van der Waals surface area contributed by atoms with Gasteiger partial charge >= 0.3 is 11.9 Å². The van der Waals surface area contributed by atoms with Gasteiger partial charge in [-0.1, -0.05) is 26.5 Å². The van der Waals surface area contributed by atoms with Gasteiger partial charge in [0, 0.05) is 57.1 Å². The van der Waals surface area contributed by atoms with Crippen LogP contribution in [-0.2, 0) is 27.2 Å². The second kappa shape index (κ2) is 11.7. The second-order valence-corrected chi connectivity index (χ2v) is 11.8. The van der Waals surface area contributed by atoms with E-state index in [0.717, 1.165) is 50.7 Å². The van der Waals surface area contributed by atoms with Gasteiger partial charge in [0.2, 0.25) is 0 Å². The molecule has 0 aromatic carbocycles. The zero-order chi connectivity index (χ0) is 32.0. The number of carbonyl (C=O) groups excluding carboxylic acids is 1. The third-order valence-corrected chi connectivity index (χ3v) is 9.08. The largest absolute Gasteiger partial charge is 0.481 e. The van der Waals surface area contributed by atoms with Crippen LogP contribution in [0.25, 0.3) is 39.3 Å². The number of hydrogen-bond acceptors (Lipinski definition) is 5. The van der Waals surface area contributed by atoms with E-state index in [1.54, 1.807) is 6.92 Å². The predicted molar refractivity (Wildman–Crippen MR) is 172 cm³/mol. The molecule has 9 nitrogen and oxygen atoms in total. The molecule has 0 fully saturated rings. The maximum absolute atomic E-state index is 12.7. The number of nitrogens with zero attached hydrogens (tertiary/aromatic N) is 2. The van der Waals surface area contributed by atoms with Crippen LogP contribution in [0.4, 0.5) is 0 Å². The Bertz CT molecular complexity index is 1940. The average molecular weight is 595 g/mol. The van der Waals surface area contributed by atoms with E-state index in [4.69, 9.17) is 9.97 Å². The summed E-state index contributed by atoms with van der Waals surface area (Å²) in [5.41, 5.74) is 9.95. The molecular formula is C35H38N4O5.